The van der Waals surface area contributed by atoms with Crippen LogP contribution < -0.4 is 4.74 Å². The second-order valence-electron chi connectivity index (χ2n) is 5.26. The van der Waals surface area contributed by atoms with Gasteiger partial charge in [0.15, 0.2) is 0 Å². The number of thioether (sulfide) groups is 1. The Hall–Kier alpha value is -2.27. The summed E-state index contributed by atoms with van der Waals surface area (Å²) < 4.78 is 10.9. The molecule has 0 aliphatic heterocycles. The minimum Gasteiger partial charge on any atom is -0.497 e. The van der Waals surface area contributed by atoms with Crippen molar-refractivity contribution in [2.24, 2.45) is 0 Å². The van der Waals surface area contributed by atoms with Crippen LogP contribution in [0, 0.1) is 6.92 Å². The summed E-state index contributed by atoms with van der Waals surface area (Å²) in [4.78, 5) is 0. The average Bonchev–Trinajstić information content (AvgIpc) is 3.01. The van der Waals surface area contributed by atoms with Gasteiger partial charge in [0, 0.05) is 5.75 Å². The van der Waals surface area contributed by atoms with Crippen molar-refractivity contribution in [1.29, 1.82) is 0 Å². The highest BCUT2D eigenvalue weighted by Crippen LogP contribution is 2.23. The second kappa shape index (κ2) is 7.33. The van der Waals surface area contributed by atoms with E-state index in [0.717, 1.165) is 17.1 Å². The van der Waals surface area contributed by atoms with Crippen LogP contribution in [0.1, 0.15) is 22.6 Å². The maximum absolute atomic E-state index is 5.71. The van der Waals surface area contributed by atoms with Crippen molar-refractivity contribution in [3.05, 3.63) is 71.1 Å². The van der Waals surface area contributed by atoms with Crippen LogP contribution in [0.3, 0.4) is 0 Å². The molecular weight excluding hydrogens is 308 g/mol. The fourth-order valence-electron chi connectivity index (χ4n) is 2.23. The molecule has 0 fully saturated rings. The van der Waals surface area contributed by atoms with Gasteiger partial charge in [-0.3, -0.25) is 0 Å². The van der Waals surface area contributed by atoms with Crippen LogP contribution in [0.15, 0.2) is 58.2 Å². The number of ether oxygens (including phenoxy) is 1. The van der Waals surface area contributed by atoms with E-state index in [1.54, 1.807) is 18.9 Å². The van der Waals surface area contributed by atoms with Gasteiger partial charge < -0.3 is 9.15 Å². The highest BCUT2D eigenvalue weighted by atomic mass is 32.2. The van der Waals surface area contributed by atoms with Gasteiger partial charge in [-0.05, 0) is 30.2 Å². The lowest BCUT2D eigenvalue weighted by Crippen LogP contribution is -1.89. The lowest BCUT2D eigenvalue weighted by molar-refractivity contribution is 0.413. The molecule has 2 aromatic carbocycles. The van der Waals surface area contributed by atoms with E-state index >= 15 is 0 Å². The first-order valence-electron chi connectivity index (χ1n) is 7.36. The molecule has 1 aromatic heterocycles. The maximum Gasteiger partial charge on any atom is 0.276 e. The monoisotopic (exact) mass is 326 g/mol. The molecule has 0 aliphatic carbocycles. The number of hydrogen-bond donors (Lipinski definition) is 0. The maximum atomic E-state index is 5.71. The van der Waals surface area contributed by atoms with E-state index in [9.17, 15) is 0 Å². The van der Waals surface area contributed by atoms with Crippen LogP contribution in [0.4, 0.5) is 0 Å². The minimum atomic E-state index is 0.606. The summed E-state index contributed by atoms with van der Waals surface area (Å²) in [6.45, 7) is 2.09. The molecule has 0 saturated carbocycles. The first-order valence-corrected chi connectivity index (χ1v) is 8.35. The Balaban J connectivity index is 1.59. The highest BCUT2D eigenvalue weighted by molar-refractivity contribution is 7.98. The van der Waals surface area contributed by atoms with Crippen LogP contribution in [0.2, 0.25) is 0 Å². The van der Waals surface area contributed by atoms with Crippen LogP contribution >= 0.6 is 11.8 Å². The zero-order valence-corrected chi connectivity index (χ0v) is 14.0. The Morgan fingerprint density at radius 1 is 1.04 bits per heavy atom. The summed E-state index contributed by atoms with van der Waals surface area (Å²) in [5.74, 6) is 2.29. The van der Waals surface area contributed by atoms with Gasteiger partial charge in [-0.1, -0.05) is 53.7 Å². The smallest absolute Gasteiger partial charge is 0.276 e. The van der Waals surface area contributed by atoms with E-state index in [0.29, 0.717) is 17.5 Å². The van der Waals surface area contributed by atoms with Gasteiger partial charge in [0.1, 0.15) is 5.75 Å². The largest absolute Gasteiger partial charge is 0.497 e. The molecule has 0 atom stereocenters. The normalized spacial score (nSPS) is 10.7. The fourth-order valence-corrected chi connectivity index (χ4v) is 2.96. The molecule has 0 saturated heterocycles. The molecular formula is C18H18N2O2S. The van der Waals surface area contributed by atoms with Crippen molar-refractivity contribution in [1.82, 2.24) is 10.2 Å². The van der Waals surface area contributed by atoms with Gasteiger partial charge in [-0.15, -0.1) is 10.2 Å². The number of rotatable bonds is 6. The summed E-state index contributed by atoms with van der Waals surface area (Å²) in [6.07, 6.45) is 0.627. The molecule has 118 valence electrons. The highest BCUT2D eigenvalue weighted by Gasteiger charge is 2.08. The van der Waals surface area contributed by atoms with Crippen LogP contribution in [-0.2, 0) is 12.2 Å². The molecule has 1 heterocycles. The molecule has 3 aromatic rings. The van der Waals surface area contributed by atoms with E-state index in [4.69, 9.17) is 9.15 Å². The Labute approximate surface area is 139 Å². The number of benzene rings is 2. The van der Waals surface area contributed by atoms with Crippen molar-refractivity contribution in [3.63, 3.8) is 0 Å². The van der Waals surface area contributed by atoms with E-state index < -0.39 is 0 Å². The van der Waals surface area contributed by atoms with E-state index in [1.165, 1.54) is 11.1 Å². The molecule has 0 N–H and O–H groups in total. The first kappa shape index (κ1) is 15.6. The zero-order chi connectivity index (χ0) is 16.1. The van der Waals surface area contributed by atoms with Gasteiger partial charge >= 0.3 is 0 Å². The molecule has 0 amide bonds. The molecule has 5 heteroatoms. The SMILES string of the molecule is COc1ccc(Cc2nnc(SCc3cccc(C)c3)o2)cc1. The van der Waals surface area contributed by atoms with Crippen molar-refractivity contribution in [2.75, 3.05) is 7.11 Å². The molecule has 0 spiro atoms. The van der Waals surface area contributed by atoms with Gasteiger partial charge in [0.25, 0.3) is 5.22 Å². The lowest BCUT2D eigenvalue weighted by atomic mass is 10.1. The summed E-state index contributed by atoms with van der Waals surface area (Å²) in [6, 6.07) is 16.3. The minimum absolute atomic E-state index is 0.606. The fraction of sp³-hybridized carbons (Fsp3) is 0.222. The third kappa shape index (κ3) is 4.36. The Morgan fingerprint density at radius 3 is 2.61 bits per heavy atom. The number of nitrogens with zero attached hydrogens (tertiary/aromatic N) is 2. The summed E-state index contributed by atoms with van der Waals surface area (Å²) >= 11 is 1.56. The molecule has 0 aliphatic rings. The quantitative estimate of drug-likeness (QED) is 0.633. The topological polar surface area (TPSA) is 48.2 Å². The van der Waals surface area contributed by atoms with Crippen molar-refractivity contribution in [3.8, 4) is 5.75 Å². The number of aryl methyl sites for hydroxylation is 1. The van der Waals surface area contributed by atoms with Crippen LogP contribution in [0.5, 0.6) is 5.75 Å². The molecule has 0 radical (unpaired) electrons. The second-order valence-corrected chi connectivity index (χ2v) is 6.19. The number of aromatic nitrogens is 2. The van der Waals surface area contributed by atoms with Gasteiger partial charge in [-0.25, -0.2) is 0 Å². The summed E-state index contributed by atoms with van der Waals surface area (Å²) in [5, 5.41) is 8.83. The van der Waals surface area contributed by atoms with Gasteiger partial charge in [0.2, 0.25) is 5.89 Å². The van der Waals surface area contributed by atoms with E-state index in [2.05, 4.69) is 41.4 Å². The summed E-state index contributed by atoms with van der Waals surface area (Å²) in [5.41, 5.74) is 3.63. The van der Waals surface area contributed by atoms with Crippen LogP contribution in [-0.4, -0.2) is 17.3 Å². The third-order valence-corrected chi connectivity index (χ3v) is 4.30. The van der Waals surface area contributed by atoms with E-state index in [-0.39, 0.29) is 0 Å². The number of hydrogen-bond acceptors (Lipinski definition) is 5. The van der Waals surface area contributed by atoms with Gasteiger partial charge in [0.05, 0.1) is 13.5 Å². The van der Waals surface area contributed by atoms with Crippen molar-refractivity contribution in [2.45, 2.75) is 24.3 Å². The molecule has 0 bridgehead atoms. The molecule has 23 heavy (non-hydrogen) atoms. The molecule has 4 nitrogen and oxygen atoms in total. The standard InChI is InChI=1S/C18H18N2O2S/c1-13-4-3-5-15(10-13)12-23-18-20-19-17(22-18)11-14-6-8-16(21-2)9-7-14/h3-10H,11-12H2,1-2H3. The Kier molecular flexibility index (Phi) is 4.98. The zero-order valence-electron chi connectivity index (χ0n) is 13.2. The van der Waals surface area contributed by atoms with Crippen molar-refractivity contribution >= 4 is 11.8 Å². The Bertz CT molecular complexity index is 769. The molecule has 3 rings (SSSR count). The average molecular weight is 326 g/mol. The third-order valence-electron chi connectivity index (χ3n) is 3.41. The van der Waals surface area contributed by atoms with Crippen molar-refractivity contribution < 1.29 is 9.15 Å². The van der Waals surface area contributed by atoms with E-state index in [1.807, 2.05) is 24.3 Å². The predicted octanol–water partition coefficient (Wildman–Crippen LogP) is 4.27. The summed E-state index contributed by atoms with van der Waals surface area (Å²) in [7, 11) is 1.66. The predicted molar refractivity (Wildman–Crippen MR) is 90.8 cm³/mol. The molecule has 0 unspecified atom stereocenters. The number of methoxy groups -OCH3 is 1. The first-order chi connectivity index (χ1) is 11.2. The lowest BCUT2D eigenvalue weighted by Gasteiger charge is -2.01. The van der Waals surface area contributed by atoms with Crippen LogP contribution in [0.25, 0.3) is 0 Å². The Morgan fingerprint density at radius 2 is 1.87 bits per heavy atom. The van der Waals surface area contributed by atoms with Gasteiger partial charge in [-0.2, -0.15) is 0 Å².